The maximum absolute atomic E-state index is 11.6. The predicted molar refractivity (Wildman–Crippen MR) is 41.1 cm³/mol. The van der Waals surface area contributed by atoms with Gasteiger partial charge in [-0.05, 0) is 17.7 Å². The molecule has 1 rings (SSSR count). The predicted octanol–water partition coefficient (Wildman–Crippen LogP) is 2.03. The van der Waals surface area contributed by atoms with E-state index in [1.807, 2.05) is 0 Å². The van der Waals surface area contributed by atoms with Crippen LogP contribution in [0.4, 0.5) is 8.78 Å². The van der Waals surface area contributed by atoms with Crippen LogP contribution < -0.4 is 4.74 Å². The zero-order valence-electron chi connectivity index (χ0n) is 6.21. The summed E-state index contributed by atoms with van der Waals surface area (Å²) in [6, 6.07) is 5.82. The lowest BCUT2D eigenvalue weighted by molar-refractivity contribution is -0.0498. The topological polar surface area (TPSA) is 29.5 Å². The molecule has 0 aliphatic heterocycles. The van der Waals surface area contributed by atoms with E-state index in [0.717, 1.165) is 0 Å². The highest BCUT2D eigenvalue weighted by molar-refractivity contribution is 5.26. The lowest BCUT2D eigenvalue weighted by Crippen LogP contribution is -2.01. The summed E-state index contributed by atoms with van der Waals surface area (Å²) in [5.41, 5.74) is 0.664. The van der Waals surface area contributed by atoms with Crippen molar-refractivity contribution in [3.8, 4) is 5.75 Å². The van der Waals surface area contributed by atoms with Crippen molar-refractivity contribution in [1.82, 2.24) is 0 Å². The molecular weight excluding hydrogens is 166 g/mol. The summed E-state index contributed by atoms with van der Waals surface area (Å²) in [6.07, 6.45) is 0. The minimum absolute atomic E-state index is 0. The maximum atomic E-state index is 11.6. The minimum Gasteiger partial charge on any atom is -0.435 e. The number of ether oxygens (including phenoxy) is 1. The van der Waals surface area contributed by atoms with Crippen LogP contribution in [0.2, 0.25) is 0 Å². The van der Waals surface area contributed by atoms with Crippen molar-refractivity contribution in [2.24, 2.45) is 0 Å². The number of hydrogen-bond acceptors (Lipinski definition) is 2. The quantitative estimate of drug-likeness (QED) is 0.763. The van der Waals surface area contributed by atoms with Crippen LogP contribution in [0.5, 0.6) is 5.75 Å². The molecule has 0 bridgehead atoms. The molecule has 0 saturated carbocycles. The Bertz CT molecular complexity index is 238. The van der Waals surface area contributed by atoms with E-state index in [2.05, 4.69) is 4.74 Å². The summed E-state index contributed by atoms with van der Waals surface area (Å²) in [5.74, 6) is 0.0993. The van der Waals surface area contributed by atoms with Crippen LogP contribution in [-0.2, 0) is 6.61 Å². The molecule has 0 fully saturated rings. The van der Waals surface area contributed by atoms with Crippen LogP contribution in [0.25, 0.3) is 0 Å². The molecule has 1 N–H and O–H groups in total. The highest BCUT2D eigenvalue weighted by atomic mass is 19.3. The molecule has 0 saturated heterocycles. The average molecular weight is 176 g/mol. The largest absolute Gasteiger partial charge is 0.435 e. The fraction of sp³-hybridized carbons (Fsp3) is 0.250. The number of halogens is 2. The summed E-state index contributed by atoms with van der Waals surface area (Å²) in [5, 5.41) is 8.62. The van der Waals surface area contributed by atoms with E-state index in [1.54, 1.807) is 0 Å². The van der Waals surface area contributed by atoms with Gasteiger partial charge in [0, 0.05) is 1.43 Å². The van der Waals surface area contributed by atoms with Crippen LogP contribution in [0.3, 0.4) is 0 Å². The second-order valence-electron chi connectivity index (χ2n) is 2.18. The number of hydrogen-bond donors (Lipinski definition) is 1. The maximum Gasteiger partial charge on any atom is 0.387 e. The zero-order chi connectivity index (χ0) is 8.97. The number of aliphatic hydroxyl groups excluding tert-OH is 1. The molecule has 0 amide bonds. The van der Waals surface area contributed by atoms with Gasteiger partial charge in [-0.1, -0.05) is 12.1 Å². The van der Waals surface area contributed by atoms with Gasteiger partial charge >= 0.3 is 6.61 Å². The molecule has 0 aliphatic rings. The molecule has 2 nitrogen and oxygen atoms in total. The summed E-state index contributed by atoms with van der Waals surface area (Å²) in [7, 11) is 0. The summed E-state index contributed by atoms with van der Waals surface area (Å²) in [6.45, 7) is -2.90. The Morgan fingerprint density at radius 1 is 1.33 bits per heavy atom. The molecule has 0 radical (unpaired) electrons. The summed E-state index contributed by atoms with van der Waals surface area (Å²) in [4.78, 5) is 0. The number of benzene rings is 1. The summed E-state index contributed by atoms with van der Waals surface area (Å²) >= 11 is 0. The standard InChI is InChI=1S/C8H8F2O2.H2/c9-8(10)12-7-3-1-6(5-11)2-4-7;/h1-4,8,11H,5H2;1H. The third-order valence-electron chi connectivity index (χ3n) is 1.33. The van der Waals surface area contributed by atoms with Crippen molar-refractivity contribution < 1.29 is 20.1 Å². The van der Waals surface area contributed by atoms with Crippen molar-refractivity contribution >= 4 is 0 Å². The Labute approximate surface area is 69.9 Å². The lowest BCUT2D eigenvalue weighted by atomic mass is 10.2. The van der Waals surface area contributed by atoms with Gasteiger partial charge < -0.3 is 9.84 Å². The number of aliphatic hydroxyl groups is 1. The van der Waals surface area contributed by atoms with Crippen molar-refractivity contribution in [2.45, 2.75) is 13.2 Å². The first-order valence-electron chi connectivity index (χ1n) is 3.37. The van der Waals surface area contributed by atoms with Crippen molar-refractivity contribution in [1.29, 1.82) is 0 Å². The molecule has 4 heteroatoms. The highest BCUT2D eigenvalue weighted by Gasteiger charge is 2.02. The van der Waals surface area contributed by atoms with E-state index < -0.39 is 6.61 Å². The molecule has 0 unspecified atom stereocenters. The third kappa shape index (κ3) is 2.47. The molecular formula is C8H10F2O2. The van der Waals surface area contributed by atoms with Gasteiger partial charge in [0.15, 0.2) is 0 Å². The van der Waals surface area contributed by atoms with E-state index in [0.29, 0.717) is 5.56 Å². The van der Waals surface area contributed by atoms with Crippen LogP contribution in [0.1, 0.15) is 6.99 Å². The Kier molecular flexibility index (Phi) is 2.99. The molecule has 1 aromatic rings. The van der Waals surface area contributed by atoms with Gasteiger partial charge in [-0.15, -0.1) is 0 Å². The van der Waals surface area contributed by atoms with Crippen molar-refractivity contribution in [2.75, 3.05) is 0 Å². The second kappa shape index (κ2) is 4.01. The Morgan fingerprint density at radius 3 is 2.33 bits per heavy atom. The van der Waals surface area contributed by atoms with E-state index in [9.17, 15) is 8.78 Å². The van der Waals surface area contributed by atoms with Gasteiger partial charge in [0.2, 0.25) is 0 Å². The van der Waals surface area contributed by atoms with Gasteiger partial charge in [0.25, 0.3) is 0 Å². The van der Waals surface area contributed by atoms with Crippen LogP contribution in [-0.4, -0.2) is 11.7 Å². The third-order valence-corrected chi connectivity index (χ3v) is 1.33. The van der Waals surface area contributed by atoms with E-state index >= 15 is 0 Å². The fourth-order valence-corrected chi connectivity index (χ4v) is 0.776. The first-order valence-corrected chi connectivity index (χ1v) is 3.37. The highest BCUT2D eigenvalue weighted by Crippen LogP contribution is 2.14. The normalized spacial score (nSPS) is 10.3. The monoisotopic (exact) mass is 176 g/mol. The van der Waals surface area contributed by atoms with Gasteiger partial charge in [-0.25, -0.2) is 0 Å². The minimum atomic E-state index is -2.80. The van der Waals surface area contributed by atoms with Crippen molar-refractivity contribution in [3.63, 3.8) is 0 Å². The number of alkyl halides is 2. The smallest absolute Gasteiger partial charge is 0.387 e. The van der Waals surface area contributed by atoms with Gasteiger partial charge in [-0.3, -0.25) is 0 Å². The fourth-order valence-electron chi connectivity index (χ4n) is 0.776. The Balaban J connectivity index is 0.00000144. The summed E-state index contributed by atoms with van der Waals surface area (Å²) < 4.78 is 27.4. The Hall–Kier alpha value is -1.16. The molecule has 1 aromatic carbocycles. The molecule has 0 atom stereocenters. The van der Waals surface area contributed by atoms with E-state index in [1.165, 1.54) is 24.3 Å². The average Bonchev–Trinajstić information content (AvgIpc) is 2.05. The van der Waals surface area contributed by atoms with Gasteiger partial charge in [0.1, 0.15) is 5.75 Å². The van der Waals surface area contributed by atoms with Crippen LogP contribution >= 0.6 is 0 Å². The van der Waals surface area contributed by atoms with Crippen LogP contribution in [0, 0.1) is 0 Å². The molecule has 0 heterocycles. The molecule has 0 spiro atoms. The first-order chi connectivity index (χ1) is 5.72. The second-order valence-corrected chi connectivity index (χ2v) is 2.18. The van der Waals surface area contributed by atoms with Gasteiger partial charge in [0.05, 0.1) is 6.61 Å². The van der Waals surface area contributed by atoms with Gasteiger partial charge in [-0.2, -0.15) is 8.78 Å². The van der Waals surface area contributed by atoms with E-state index in [-0.39, 0.29) is 13.8 Å². The molecule has 0 aromatic heterocycles. The van der Waals surface area contributed by atoms with Crippen molar-refractivity contribution in [3.05, 3.63) is 29.8 Å². The molecule has 68 valence electrons. The Morgan fingerprint density at radius 2 is 1.92 bits per heavy atom. The first kappa shape index (κ1) is 8.93. The molecule has 0 aliphatic carbocycles. The lowest BCUT2D eigenvalue weighted by Gasteiger charge is -2.03. The zero-order valence-corrected chi connectivity index (χ0v) is 6.21. The van der Waals surface area contributed by atoms with Crippen LogP contribution in [0.15, 0.2) is 24.3 Å². The molecule has 12 heavy (non-hydrogen) atoms. The SMILES string of the molecule is OCc1ccc(OC(F)F)cc1.[HH]. The van der Waals surface area contributed by atoms with E-state index in [4.69, 9.17) is 5.11 Å². The number of rotatable bonds is 3.